The minimum atomic E-state index is -0.918. The predicted molar refractivity (Wildman–Crippen MR) is 78.8 cm³/mol. The van der Waals surface area contributed by atoms with E-state index in [4.69, 9.17) is 22.4 Å². The highest BCUT2D eigenvalue weighted by atomic mass is 35.5. The van der Waals surface area contributed by atoms with Crippen LogP contribution in [0.1, 0.15) is 15.9 Å². The van der Waals surface area contributed by atoms with Gasteiger partial charge in [0.05, 0.1) is 10.6 Å². The summed E-state index contributed by atoms with van der Waals surface area (Å²) in [4.78, 5) is 11.7. The van der Waals surface area contributed by atoms with Crippen molar-refractivity contribution in [3.8, 4) is 0 Å². The maximum atomic E-state index is 10.7. The molecule has 0 aliphatic rings. The van der Waals surface area contributed by atoms with Crippen LogP contribution in [0.3, 0.4) is 0 Å². The number of anilines is 1. The average molecular weight is 294 g/mol. The molecule has 3 N–H and O–H groups in total. The topological polar surface area (TPSA) is 63.3 Å². The van der Waals surface area contributed by atoms with Crippen LogP contribution in [0.2, 0.25) is 5.02 Å². The van der Waals surface area contributed by atoms with E-state index in [-0.39, 0.29) is 5.56 Å². The zero-order valence-electron chi connectivity index (χ0n) is 9.97. The van der Waals surface area contributed by atoms with Crippen LogP contribution in [-0.2, 0) is 5.75 Å². The highest BCUT2D eigenvalue weighted by Gasteiger charge is 2.04. The maximum Gasteiger partial charge on any atom is 0.335 e. The van der Waals surface area contributed by atoms with E-state index in [1.807, 2.05) is 6.07 Å². The lowest BCUT2D eigenvalue weighted by Crippen LogP contribution is -1.95. The summed E-state index contributed by atoms with van der Waals surface area (Å²) in [5.41, 5.74) is 7.71. The van der Waals surface area contributed by atoms with Crippen LogP contribution >= 0.6 is 23.4 Å². The summed E-state index contributed by atoms with van der Waals surface area (Å²) in [5.74, 6) is -0.207. The van der Waals surface area contributed by atoms with Crippen molar-refractivity contribution in [1.29, 1.82) is 0 Å². The second-order valence-corrected chi connectivity index (χ2v) is 5.40. The molecule has 0 radical (unpaired) electrons. The Kier molecular flexibility index (Phi) is 4.35. The summed E-state index contributed by atoms with van der Waals surface area (Å²) in [6.45, 7) is 0. The Balaban J connectivity index is 2.06. The fourth-order valence-corrected chi connectivity index (χ4v) is 2.76. The van der Waals surface area contributed by atoms with E-state index in [0.717, 1.165) is 10.5 Å². The Hall–Kier alpha value is -1.65. The van der Waals surface area contributed by atoms with Gasteiger partial charge in [-0.3, -0.25) is 0 Å². The smallest absolute Gasteiger partial charge is 0.335 e. The fraction of sp³-hybridized carbons (Fsp3) is 0.0714. The number of nitrogens with two attached hydrogens (primary N) is 1. The third-order valence-corrected chi connectivity index (χ3v) is 4.12. The van der Waals surface area contributed by atoms with E-state index in [0.29, 0.717) is 16.5 Å². The molecular weight excluding hydrogens is 282 g/mol. The van der Waals surface area contributed by atoms with Crippen molar-refractivity contribution in [2.24, 2.45) is 0 Å². The van der Waals surface area contributed by atoms with Crippen molar-refractivity contribution in [2.75, 3.05) is 5.73 Å². The molecule has 0 aliphatic heterocycles. The van der Waals surface area contributed by atoms with E-state index >= 15 is 0 Å². The molecule has 19 heavy (non-hydrogen) atoms. The Morgan fingerprint density at radius 2 is 1.89 bits per heavy atom. The van der Waals surface area contributed by atoms with Crippen molar-refractivity contribution in [3.63, 3.8) is 0 Å². The molecule has 2 rings (SSSR count). The lowest BCUT2D eigenvalue weighted by Gasteiger charge is -2.06. The third-order valence-electron chi connectivity index (χ3n) is 2.55. The first-order valence-corrected chi connectivity index (χ1v) is 6.92. The first kappa shape index (κ1) is 13.8. The van der Waals surface area contributed by atoms with Gasteiger partial charge in [-0.1, -0.05) is 23.7 Å². The average Bonchev–Trinajstić information content (AvgIpc) is 2.40. The molecule has 0 saturated heterocycles. The molecule has 5 heteroatoms. The summed E-state index contributed by atoms with van der Waals surface area (Å²) in [6, 6.07) is 12.2. The van der Waals surface area contributed by atoms with Crippen LogP contribution in [0.25, 0.3) is 0 Å². The van der Waals surface area contributed by atoms with Crippen LogP contribution < -0.4 is 5.73 Å². The lowest BCUT2D eigenvalue weighted by atomic mass is 10.1. The van der Waals surface area contributed by atoms with Gasteiger partial charge in [0.15, 0.2) is 0 Å². The van der Waals surface area contributed by atoms with Gasteiger partial charge in [-0.2, -0.15) is 0 Å². The molecule has 0 heterocycles. The molecule has 98 valence electrons. The number of halogens is 1. The molecule has 0 atom stereocenters. The van der Waals surface area contributed by atoms with E-state index in [1.54, 1.807) is 48.2 Å². The van der Waals surface area contributed by atoms with Gasteiger partial charge in [-0.15, -0.1) is 11.8 Å². The van der Waals surface area contributed by atoms with E-state index in [1.165, 1.54) is 0 Å². The summed E-state index contributed by atoms with van der Waals surface area (Å²) < 4.78 is 0. The molecule has 0 spiro atoms. The van der Waals surface area contributed by atoms with Crippen LogP contribution in [0, 0.1) is 0 Å². The fourth-order valence-electron chi connectivity index (χ4n) is 1.54. The zero-order valence-corrected chi connectivity index (χ0v) is 11.5. The molecular formula is C14H12ClNO2S. The highest BCUT2D eigenvalue weighted by molar-refractivity contribution is 7.98. The SMILES string of the molecule is Nc1ccc(Cl)c(SCc2ccc(C(=O)O)cc2)c1. The van der Waals surface area contributed by atoms with Crippen molar-refractivity contribution in [3.05, 3.63) is 58.6 Å². The summed E-state index contributed by atoms with van der Waals surface area (Å²) in [5, 5.41) is 9.48. The Bertz CT molecular complexity index is 599. The normalized spacial score (nSPS) is 10.4. The molecule has 0 aromatic heterocycles. The van der Waals surface area contributed by atoms with Gasteiger partial charge in [-0.05, 0) is 35.9 Å². The molecule has 2 aromatic carbocycles. The van der Waals surface area contributed by atoms with Gasteiger partial charge in [0.25, 0.3) is 0 Å². The van der Waals surface area contributed by atoms with Gasteiger partial charge in [0, 0.05) is 16.3 Å². The molecule has 0 aliphatic carbocycles. The largest absolute Gasteiger partial charge is 0.478 e. The molecule has 0 unspecified atom stereocenters. The third kappa shape index (κ3) is 3.66. The second-order valence-electron chi connectivity index (χ2n) is 3.98. The number of nitrogen functional groups attached to an aromatic ring is 1. The number of benzene rings is 2. The Morgan fingerprint density at radius 1 is 1.21 bits per heavy atom. The van der Waals surface area contributed by atoms with Gasteiger partial charge in [-0.25, -0.2) is 4.79 Å². The maximum absolute atomic E-state index is 10.7. The molecule has 3 nitrogen and oxygen atoms in total. The Morgan fingerprint density at radius 3 is 2.53 bits per heavy atom. The van der Waals surface area contributed by atoms with Crippen molar-refractivity contribution < 1.29 is 9.90 Å². The number of thioether (sulfide) groups is 1. The van der Waals surface area contributed by atoms with Crippen LogP contribution in [0.4, 0.5) is 5.69 Å². The summed E-state index contributed by atoms with van der Waals surface area (Å²) >= 11 is 7.64. The first-order valence-electron chi connectivity index (χ1n) is 5.56. The lowest BCUT2D eigenvalue weighted by molar-refractivity contribution is 0.0697. The first-order chi connectivity index (χ1) is 9.06. The number of carboxylic acids is 1. The van der Waals surface area contributed by atoms with Gasteiger partial charge < -0.3 is 10.8 Å². The zero-order chi connectivity index (χ0) is 13.8. The van der Waals surface area contributed by atoms with E-state index in [2.05, 4.69) is 0 Å². The van der Waals surface area contributed by atoms with E-state index in [9.17, 15) is 4.79 Å². The number of aromatic carboxylic acids is 1. The highest BCUT2D eigenvalue weighted by Crippen LogP contribution is 2.31. The van der Waals surface area contributed by atoms with E-state index < -0.39 is 5.97 Å². The number of carbonyl (C=O) groups is 1. The number of rotatable bonds is 4. The number of hydrogen-bond acceptors (Lipinski definition) is 3. The molecule has 0 fully saturated rings. The molecule has 0 saturated carbocycles. The van der Waals surface area contributed by atoms with Gasteiger partial charge in [0.1, 0.15) is 0 Å². The predicted octanol–water partition coefficient (Wildman–Crippen LogP) is 3.91. The van der Waals surface area contributed by atoms with Crippen molar-refractivity contribution >= 4 is 35.0 Å². The summed E-state index contributed by atoms with van der Waals surface area (Å²) in [7, 11) is 0. The second kappa shape index (κ2) is 5.99. The minimum Gasteiger partial charge on any atom is -0.478 e. The molecule has 0 amide bonds. The van der Waals surface area contributed by atoms with Crippen LogP contribution in [-0.4, -0.2) is 11.1 Å². The van der Waals surface area contributed by atoms with Crippen LogP contribution in [0.5, 0.6) is 0 Å². The van der Waals surface area contributed by atoms with Gasteiger partial charge >= 0.3 is 5.97 Å². The molecule has 0 bridgehead atoms. The van der Waals surface area contributed by atoms with Crippen molar-refractivity contribution in [1.82, 2.24) is 0 Å². The molecule has 2 aromatic rings. The minimum absolute atomic E-state index is 0.288. The quantitative estimate of drug-likeness (QED) is 0.662. The Labute approximate surface area is 120 Å². The number of carboxylic acid groups (broad SMARTS) is 1. The number of hydrogen-bond donors (Lipinski definition) is 2. The van der Waals surface area contributed by atoms with Crippen LogP contribution in [0.15, 0.2) is 47.4 Å². The van der Waals surface area contributed by atoms with Crippen molar-refractivity contribution in [2.45, 2.75) is 10.6 Å². The van der Waals surface area contributed by atoms with Gasteiger partial charge in [0.2, 0.25) is 0 Å². The summed E-state index contributed by atoms with van der Waals surface area (Å²) in [6.07, 6.45) is 0. The standard InChI is InChI=1S/C14H12ClNO2S/c15-12-6-5-11(16)7-13(12)19-8-9-1-3-10(4-2-9)14(17)18/h1-7H,8,16H2,(H,17,18). The monoisotopic (exact) mass is 293 g/mol.